The van der Waals surface area contributed by atoms with Crippen LogP contribution in [0.4, 0.5) is 0 Å². The van der Waals surface area contributed by atoms with Crippen LogP contribution in [0.5, 0.6) is 0 Å². The van der Waals surface area contributed by atoms with Crippen LogP contribution in [-0.2, 0) is 4.79 Å². The lowest BCUT2D eigenvalue weighted by Crippen LogP contribution is -2.28. The van der Waals surface area contributed by atoms with Gasteiger partial charge in [-0.3, -0.25) is 4.79 Å². The van der Waals surface area contributed by atoms with Crippen molar-refractivity contribution in [1.29, 1.82) is 0 Å². The van der Waals surface area contributed by atoms with Crippen LogP contribution in [0.1, 0.15) is 18.5 Å². The Labute approximate surface area is 171 Å². The zero-order valence-electron chi connectivity index (χ0n) is 14.4. The van der Waals surface area contributed by atoms with E-state index >= 15 is 0 Å². The summed E-state index contributed by atoms with van der Waals surface area (Å²) in [6.45, 7) is 1.88. The molecule has 0 saturated heterocycles. The number of benzene rings is 2. The molecule has 0 aliphatic rings. The van der Waals surface area contributed by atoms with Gasteiger partial charge in [-0.2, -0.15) is 0 Å². The van der Waals surface area contributed by atoms with Crippen molar-refractivity contribution in [3.05, 3.63) is 64.1 Å². The fourth-order valence-corrected chi connectivity index (χ4v) is 3.58. The lowest BCUT2D eigenvalue weighted by molar-refractivity contribution is -0.119. The quantitative estimate of drug-likeness (QED) is 0.464. The predicted molar refractivity (Wildman–Crippen MR) is 109 cm³/mol. The van der Waals surface area contributed by atoms with Crippen molar-refractivity contribution in [3.63, 3.8) is 0 Å². The molecule has 1 atom stereocenters. The van der Waals surface area contributed by atoms with Crippen LogP contribution in [0.15, 0.2) is 53.7 Å². The normalized spacial score (nSPS) is 12.0. The zero-order chi connectivity index (χ0) is 19.4. The second kappa shape index (κ2) is 8.65. The van der Waals surface area contributed by atoms with Gasteiger partial charge in [0.05, 0.1) is 11.8 Å². The van der Waals surface area contributed by atoms with Gasteiger partial charge in [-0.05, 0) is 42.8 Å². The lowest BCUT2D eigenvalue weighted by Gasteiger charge is -2.15. The number of hydrogen-bond donors (Lipinski definition) is 2. The van der Waals surface area contributed by atoms with Crippen molar-refractivity contribution in [3.8, 4) is 11.4 Å². The van der Waals surface area contributed by atoms with Crippen molar-refractivity contribution in [2.75, 3.05) is 11.6 Å². The number of aromatic nitrogens is 3. The minimum absolute atomic E-state index is 0.150. The van der Waals surface area contributed by atoms with E-state index in [2.05, 4.69) is 15.5 Å². The summed E-state index contributed by atoms with van der Waals surface area (Å²) in [5.41, 5.74) is 1.66. The molecular weight excluding hydrogens is 405 g/mol. The summed E-state index contributed by atoms with van der Waals surface area (Å²) in [6, 6.07) is 14.3. The summed E-state index contributed by atoms with van der Waals surface area (Å²) in [6.07, 6.45) is 0. The van der Waals surface area contributed by atoms with Crippen LogP contribution >= 0.6 is 35.0 Å². The number of thioether (sulfide) groups is 1. The summed E-state index contributed by atoms with van der Waals surface area (Å²) in [4.78, 5) is 12.2. The van der Waals surface area contributed by atoms with Crippen LogP contribution in [-0.4, -0.2) is 26.5 Å². The molecule has 0 fully saturated rings. The molecule has 0 spiro atoms. The topological polar surface area (TPSA) is 85.8 Å². The molecule has 0 bridgehead atoms. The van der Waals surface area contributed by atoms with E-state index in [9.17, 15) is 4.79 Å². The van der Waals surface area contributed by atoms with Crippen molar-refractivity contribution < 1.29 is 4.79 Å². The standard InChI is InChI=1S/C18H17Cl2N5OS/c1-11(14-4-2-3-5-15(14)20)22-16(26)10-27-18-24-23-17(25(18)21)12-6-8-13(19)9-7-12/h2-9,11H,10,21H2,1H3,(H,22,26). The van der Waals surface area contributed by atoms with Gasteiger partial charge in [0.25, 0.3) is 0 Å². The first-order valence-corrected chi connectivity index (χ1v) is 9.83. The van der Waals surface area contributed by atoms with E-state index in [1.54, 1.807) is 18.2 Å². The second-order valence-corrected chi connectivity index (χ2v) is 7.57. The molecule has 0 aliphatic heterocycles. The van der Waals surface area contributed by atoms with Gasteiger partial charge in [-0.15, -0.1) is 10.2 Å². The number of hydrogen-bond acceptors (Lipinski definition) is 5. The minimum atomic E-state index is -0.202. The molecule has 140 valence electrons. The summed E-state index contributed by atoms with van der Waals surface area (Å²) in [7, 11) is 0. The summed E-state index contributed by atoms with van der Waals surface area (Å²) in [5.74, 6) is 6.57. The Hall–Kier alpha value is -2.22. The Bertz CT molecular complexity index is 945. The molecule has 2 aromatic carbocycles. The first-order chi connectivity index (χ1) is 13.0. The largest absolute Gasteiger partial charge is 0.349 e. The molecule has 3 aromatic rings. The third-order valence-corrected chi connectivity index (χ3v) is 5.39. The van der Waals surface area contributed by atoms with Gasteiger partial charge < -0.3 is 11.2 Å². The summed E-state index contributed by atoms with van der Waals surface area (Å²) in [5, 5.41) is 12.7. The first-order valence-electron chi connectivity index (χ1n) is 8.08. The SMILES string of the molecule is CC(NC(=O)CSc1nnc(-c2ccc(Cl)cc2)n1N)c1ccccc1Cl. The maximum atomic E-state index is 12.2. The fraction of sp³-hybridized carbons (Fsp3) is 0.167. The van der Waals surface area contributed by atoms with Crippen LogP contribution in [0.3, 0.4) is 0 Å². The fourth-order valence-electron chi connectivity index (χ4n) is 2.49. The van der Waals surface area contributed by atoms with Crippen LogP contribution in [0, 0.1) is 0 Å². The molecule has 1 amide bonds. The van der Waals surface area contributed by atoms with E-state index in [4.69, 9.17) is 29.0 Å². The molecule has 0 saturated carbocycles. The highest BCUT2D eigenvalue weighted by atomic mass is 35.5. The summed E-state index contributed by atoms with van der Waals surface area (Å²) >= 11 is 13.3. The Balaban J connectivity index is 1.61. The van der Waals surface area contributed by atoms with Crippen molar-refractivity contribution in [2.45, 2.75) is 18.1 Å². The highest BCUT2D eigenvalue weighted by molar-refractivity contribution is 7.99. The maximum absolute atomic E-state index is 12.2. The molecule has 3 N–H and O–H groups in total. The third kappa shape index (κ3) is 4.74. The van der Waals surface area contributed by atoms with Gasteiger partial charge in [-0.25, -0.2) is 4.68 Å². The van der Waals surface area contributed by atoms with Gasteiger partial charge in [0, 0.05) is 15.6 Å². The molecule has 1 heterocycles. The lowest BCUT2D eigenvalue weighted by atomic mass is 10.1. The van der Waals surface area contributed by atoms with Gasteiger partial charge in [-0.1, -0.05) is 53.2 Å². The number of halogens is 2. The number of rotatable bonds is 6. The Morgan fingerprint density at radius 1 is 1.19 bits per heavy atom. The van der Waals surface area contributed by atoms with Gasteiger partial charge in [0.15, 0.2) is 5.82 Å². The van der Waals surface area contributed by atoms with Crippen molar-refractivity contribution in [1.82, 2.24) is 20.2 Å². The number of nitrogens with one attached hydrogen (secondary N) is 1. The molecule has 0 aliphatic carbocycles. The number of amides is 1. The molecule has 1 aromatic heterocycles. The van der Waals surface area contributed by atoms with E-state index in [0.29, 0.717) is 21.0 Å². The van der Waals surface area contributed by atoms with Crippen LogP contribution in [0.25, 0.3) is 11.4 Å². The summed E-state index contributed by atoms with van der Waals surface area (Å²) < 4.78 is 1.36. The number of nitrogens with zero attached hydrogens (tertiary/aromatic N) is 3. The minimum Gasteiger partial charge on any atom is -0.349 e. The Morgan fingerprint density at radius 3 is 2.59 bits per heavy atom. The maximum Gasteiger partial charge on any atom is 0.230 e. The smallest absolute Gasteiger partial charge is 0.230 e. The van der Waals surface area contributed by atoms with Gasteiger partial charge in [0.2, 0.25) is 11.1 Å². The Morgan fingerprint density at radius 2 is 1.89 bits per heavy atom. The van der Waals surface area contributed by atoms with E-state index in [1.165, 1.54) is 16.4 Å². The van der Waals surface area contributed by atoms with Gasteiger partial charge in [0.1, 0.15) is 0 Å². The molecule has 6 nitrogen and oxygen atoms in total. The molecule has 0 radical (unpaired) electrons. The second-order valence-electron chi connectivity index (χ2n) is 5.78. The molecule has 1 unspecified atom stereocenters. The van der Waals surface area contributed by atoms with E-state index < -0.39 is 0 Å². The Kier molecular flexibility index (Phi) is 6.26. The van der Waals surface area contributed by atoms with Crippen LogP contribution < -0.4 is 11.2 Å². The average Bonchev–Trinajstić information content (AvgIpc) is 3.01. The zero-order valence-corrected chi connectivity index (χ0v) is 16.7. The van der Waals surface area contributed by atoms with E-state index in [1.807, 2.05) is 37.3 Å². The number of nitrogens with two attached hydrogens (primary N) is 1. The average molecular weight is 422 g/mol. The highest BCUT2D eigenvalue weighted by Gasteiger charge is 2.16. The first kappa shape index (κ1) is 19.5. The molecule has 9 heteroatoms. The third-order valence-electron chi connectivity index (χ3n) is 3.85. The van der Waals surface area contributed by atoms with Crippen molar-refractivity contribution >= 4 is 40.9 Å². The van der Waals surface area contributed by atoms with E-state index in [0.717, 1.165) is 11.1 Å². The highest BCUT2D eigenvalue weighted by Crippen LogP contribution is 2.24. The van der Waals surface area contributed by atoms with Crippen molar-refractivity contribution in [2.24, 2.45) is 0 Å². The van der Waals surface area contributed by atoms with Gasteiger partial charge >= 0.3 is 0 Å². The number of nitrogen functional groups attached to an aromatic ring is 1. The predicted octanol–water partition coefficient (Wildman–Crippen LogP) is 3.94. The number of carbonyl (C=O) groups excluding carboxylic acids is 1. The van der Waals surface area contributed by atoms with Crippen LogP contribution in [0.2, 0.25) is 10.0 Å². The van der Waals surface area contributed by atoms with E-state index in [-0.39, 0.29) is 17.7 Å². The molecular formula is C18H17Cl2N5OS. The molecule has 3 rings (SSSR count). The number of carbonyl (C=O) groups is 1. The monoisotopic (exact) mass is 421 g/mol. The molecule has 27 heavy (non-hydrogen) atoms.